The molecular formula is C24H25ClN2O3S. The lowest BCUT2D eigenvalue weighted by molar-refractivity contribution is -0.126. The molecule has 0 aromatic heterocycles. The van der Waals surface area contributed by atoms with Crippen molar-refractivity contribution in [2.75, 3.05) is 19.6 Å². The van der Waals surface area contributed by atoms with E-state index in [1.54, 1.807) is 12.1 Å². The Morgan fingerprint density at radius 3 is 2.35 bits per heavy atom. The smallest absolute Gasteiger partial charge is 0.243 e. The van der Waals surface area contributed by atoms with Crippen molar-refractivity contribution in [1.82, 2.24) is 9.62 Å². The molecule has 1 aliphatic heterocycles. The first-order valence-electron chi connectivity index (χ1n) is 10.4. The number of piperidine rings is 1. The highest BCUT2D eigenvalue weighted by atomic mass is 35.5. The second-order valence-corrected chi connectivity index (χ2v) is 10.2. The Morgan fingerprint density at radius 1 is 0.968 bits per heavy atom. The predicted octanol–water partition coefficient (Wildman–Crippen LogP) is 4.25. The first kappa shape index (κ1) is 21.8. The maximum Gasteiger partial charge on any atom is 0.243 e. The molecule has 5 nitrogen and oxygen atoms in total. The zero-order valence-corrected chi connectivity index (χ0v) is 18.7. The highest BCUT2D eigenvalue weighted by molar-refractivity contribution is 7.89. The number of nitrogens with zero attached hydrogens (tertiary/aromatic N) is 1. The van der Waals surface area contributed by atoms with Crippen LogP contribution in [-0.4, -0.2) is 38.3 Å². The van der Waals surface area contributed by atoms with E-state index >= 15 is 0 Å². The van der Waals surface area contributed by atoms with Crippen LogP contribution in [0.25, 0.3) is 10.8 Å². The van der Waals surface area contributed by atoms with E-state index in [2.05, 4.69) is 5.32 Å². The van der Waals surface area contributed by atoms with Crippen molar-refractivity contribution < 1.29 is 13.2 Å². The Balaban J connectivity index is 1.31. The Hall–Kier alpha value is -2.41. The molecule has 1 heterocycles. The van der Waals surface area contributed by atoms with Crippen LogP contribution in [0.15, 0.2) is 71.6 Å². The van der Waals surface area contributed by atoms with Gasteiger partial charge in [0.25, 0.3) is 0 Å². The molecule has 0 bridgehead atoms. The number of amides is 1. The summed E-state index contributed by atoms with van der Waals surface area (Å²) in [7, 11) is -3.57. The van der Waals surface area contributed by atoms with Crippen molar-refractivity contribution in [2.45, 2.75) is 24.2 Å². The van der Waals surface area contributed by atoms with Crippen LogP contribution >= 0.6 is 11.6 Å². The monoisotopic (exact) mass is 456 g/mol. The van der Waals surface area contributed by atoms with Crippen LogP contribution in [0.1, 0.15) is 18.4 Å². The van der Waals surface area contributed by atoms with Gasteiger partial charge < -0.3 is 5.32 Å². The minimum absolute atomic E-state index is 0.00304. The van der Waals surface area contributed by atoms with Crippen LogP contribution in [-0.2, 0) is 21.2 Å². The van der Waals surface area contributed by atoms with E-state index in [1.807, 2.05) is 54.6 Å². The summed E-state index contributed by atoms with van der Waals surface area (Å²) in [6.07, 6.45) is 1.79. The maximum absolute atomic E-state index is 13.1. The van der Waals surface area contributed by atoms with E-state index in [0.717, 1.165) is 22.8 Å². The molecule has 7 heteroatoms. The molecule has 0 saturated carbocycles. The molecule has 1 N–H and O–H groups in total. The quantitative estimate of drug-likeness (QED) is 0.602. The first-order chi connectivity index (χ1) is 14.9. The number of rotatable bonds is 6. The van der Waals surface area contributed by atoms with Crippen LogP contribution < -0.4 is 5.32 Å². The predicted molar refractivity (Wildman–Crippen MR) is 124 cm³/mol. The van der Waals surface area contributed by atoms with Crippen LogP contribution in [0.2, 0.25) is 5.02 Å². The Kier molecular flexibility index (Phi) is 6.60. The molecule has 0 atom stereocenters. The molecule has 0 unspecified atom stereocenters. The fraction of sp³-hybridized carbons (Fsp3) is 0.292. The summed E-state index contributed by atoms with van der Waals surface area (Å²) in [6.45, 7) is 1.25. The zero-order valence-electron chi connectivity index (χ0n) is 17.1. The minimum Gasteiger partial charge on any atom is -0.356 e. The van der Waals surface area contributed by atoms with Gasteiger partial charge >= 0.3 is 0 Å². The fourth-order valence-electron chi connectivity index (χ4n) is 3.96. The van der Waals surface area contributed by atoms with Crippen molar-refractivity contribution in [3.05, 3.63) is 77.3 Å². The average molecular weight is 457 g/mol. The zero-order chi connectivity index (χ0) is 21.8. The molecule has 1 fully saturated rings. The summed E-state index contributed by atoms with van der Waals surface area (Å²) in [4.78, 5) is 12.8. The summed E-state index contributed by atoms with van der Waals surface area (Å²) >= 11 is 5.89. The number of carbonyl (C=O) groups excluding carboxylic acids is 1. The molecule has 0 spiro atoms. The van der Waals surface area contributed by atoms with Gasteiger partial charge in [0, 0.05) is 30.6 Å². The lowest BCUT2D eigenvalue weighted by atomic mass is 9.97. The highest BCUT2D eigenvalue weighted by Gasteiger charge is 2.32. The van der Waals surface area contributed by atoms with E-state index in [0.29, 0.717) is 42.4 Å². The van der Waals surface area contributed by atoms with Crippen molar-refractivity contribution in [1.29, 1.82) is 0 Å². The largest absolute Gasteiger partial charge is 0.356 e. The van der Waals surface area contributed by atoms with Gasteiger partial charge in [-0.15, -0.1) is 0 Å². The standard InChI is InChI=1S/C24H25ClN2O3S/c25-22-8-5-18(6-9-22)11-14-26-24(28)20-12-15-27(16-13-20)31(29,30)23-10-7-19-3-1-2-4-21(19)17-23/h1-10,17,20H,11-16H2,(H,26,28). The number of fused-ring (bicyclic) bond motifs is 1. The molecule has 4 rings (SSSR count). The molecule has 1 amide bonds. The normalized spacial score (nSPS) is 15.8. The van der Waals surface area contributed by atoms with E-state index in [4.69, 9.17) is 11.6 Å². The van der Waals surface area contributed by atoms with Gasteiger partial charge in [0.2, 0.25) is 15.9 Å². The van der Waals surface area contributed by atoms with Crippen LogP contribution in [0.4, 0.5) is 0 Å². The van der Waals surface area contributed by atoms with Gasteiger partial charge in [-0.1, -0.05) is 54.1 Å². The molecule has 3 aromatic carbocycles. The van der Waals surface area contributed by atoms with Gasteiger partial charge in [0.1, 0.15) is 0 Å². The summed E-state index contributed by atoms with van der Waals surface area (Å²) < 4.78 is 27.6. The molecule has 1 saturated heterocycles. The van der Waals surface area contributed by atoms with Gasteiger partial charge in [-0.2, -0.15) is 4.31 Å². The third-order valence-electron chi connectivity index (χ3n) is 5.81. The number of halogens is 1. The topological polar surface area (TPSA) is 66.5 Å². The number of hydrogen-bond donors (Lipinski definition) is 1. The van der Waals surface area contributed by atoms with Crippen molar-refractivity contribution >= 4 is 38.3 Å². The molecule has 0 radical (unpaired) electrons. The average Bonchev–Trinajstić information content (AvgIpc) is 2.80. The Morgan fingerprint density at radius 2 is 1.65 bits per heavy atom. The highest BCUT2D eigenvalue weighted by Crippen LogP contribution is 2.26. The van der Waals surface area contributed by atoms with Crippen LogP contribution in [0, 0.1) is 5.92 Å². The van der Waals surface area contributed by atoms with Gasteiger partial charge in [0.05, 0.1) is 4.90 Å². The van der Waals surface area contributed by atoms with Gasteiger partial charge in [-0.3, -0.25) is 4.79 Å². The SMILES string of the molecule is O=C(NCCc1ccc(Cl)cc1)C1CCN(S(=O)(=O)c2ccc3ccccc3c2)CC1. The molecule has 31 heavy (non-hydrogen) atoms. The number of nitrogens with one attached hydrogen (secondary N) is 1. The summed E-state index contributed by atoms with van der Waals surface area (Å²) in [5.74, 6) is -0.162. The second-order valence-electron chi connectivity index (χ2n) is 7.85. The lowest BCUT2D eigenvalue weighted by Crippen LogP contribution is -2.43. The van der Waals surface area contributed by atoms with Gasteiger partial charge in [-0.25, -0.2) is 8.42 Å². The maximum atomic E-state index is 13.1. The Labute approximate surface area is 188 Å². The van der Waals surface area contributed by atoms with Crippen molar-refractivity contribution in [3.63, 3.8) is 0 Å². The number of hydrogen-bond acceptors (Lipinski definition) is 3. The third kappa shape index (κ3) is 5.09. The van der Waals surface area contributed by atoms with Crippen LogP contribution in [0.3, 0.4) is 0 Å². The number of carbonyl (C=O) groups is 1. The van der Waals surface area contributed by atoms with E-state index in [-0.39, 0.29) is 11.8 Å². The minimum atomic E-state index is -3.57. The van der Waals surface area contributed by atoms with E-state index < -0.39 is 10.0 Å². The fourth-order valence-corrected chi connectivity index (χ4v) is 5.59. The number of sulfonamides is 1. The molecule has 162 valence electrons. The first-order valence-corrected chi connectivity index (χ1v) is 12.3. The van der Waals surface area contributed by atoms with E-state index in [9.17, 15) is 13.2 Å². The van der Waals surface area contributed by atoms with Gasteiger partial charge in [0.15, 0.2) is 0 Å². The Bertz CT molecular complexity index is 1170. The van der Waals surface area contributed by atoms with Crippen LogP contribution in [0.5, 0.6) is 0 Å². The summed E-state index contributed by atoms with van der Waals surface area (Å²) in [5.41, 5.74) is 1.11. The molecule has 3 aromatic rings. The number of benzene rings is 3. The van der Waals surface area contributed by atoms with Crippen molar-refractivity contribution in [3.8, 4) is 0 Å². The van der Waals surface area contributed by atoms with E-state index in [1.165, 1.54) is 4.31 Å². The molecule has 1 aliphatic rings. The second kappa shape index (κ2) is 9.39. The molecule has 0 aliphatic carbocycles. The summed E-state index contributed by atoms with van der Waals surface area (Å²) in [5, 5.41) is 5.58. The molecular weight excluding hydrogens is 432 g/mol. The van der Waals surface area contributed by atoms with Gasteiger partial charge in [-0.05, 0) is 59.9 Å². The lowest BCUT2D eigenvalue weighted by Gasteiger charge is -2.30. The van der Waals surface area contributed by atoms with Crippen molar-refractivity contribution in [2.24, 2.45) is 5.92 Å². The third-order valence-corrected chi connectivity index (χ3v) is 7.96. The summed E-state index contributed by atoms with van der Waals surface area (Å²) in [6, 6.07) is 20.5.